The van der Waals surface area contributed by atoms with Crippen molar-refractivity contribution >= 4 is 21.7 Å². The molecule has 0 aliphatic carbocycles. The molecule has 2 rings (SSSR count). The van der Waals surface area contributed by atoms with Crippen LogP contribution in [0.4, 0.5) is 4.39 Å². The summed E-state index contributed by atoms with van der Waals surface area (Å²) in [7, 11) is 0. The Morgan fingerprint density at radius 2 is 1.67 bits per heavy atom. The number of carbonyl (C=O) groups excluding carboxylic acids is 1. The van der Waals surface area contributed by atoms with Crippen LogP contribution in [0.15, 0.2) is 40.9 Å². The van der Waals surface area contributed by atoms with Crippen molar-refractivity contribution in [3.8, 4) is 0 Å². The first-order valence-corrected chi connectivity index (χ1v) is 6.36. The Morgan fingerprint density at radius 3 is 2.22 bits per heavy atom. The second kappa shape index (κ2) is 5.02. The summed E-state index contributed by atoms with van der Waals surface area (Å²) < 4.78 is 14.3. The molecule has 0 saturated carbocycles. The summed E-state index contributed by atoms with van der Waals surface area (Å²) in [5, 5.41) is 0. The third-order valence-corrected chi connectivity index (χ3v) is 3.51. The van der Waals surface area contributed by atoms with Crippen LogP contribution in [-0.2, 0) is 0 Å². The second-order valence-electron chi connectivity index (χ2n) is 4.23. The minimum absolute atomic E-state index is 0.103. The predicted octanol–water partition coefficient (Wildman–Crippen LogP) is 4.44. The molecule has 0 aliphatic heterocycles. The SMILES string of the molecule is Cc1cc(C(=O)c2ccccc2Br)cc(C)c1F. The van der Waals surface area contributed by atoms with Gasteiger partial charge < -0.3 is 0 Å². The molecule has 0 saturated heterocycles. The van der Waals surface area contributed by atoms with Gasteiger partial charge in [-0.25, -0.2) is 4.39 Å². The van der Waals surface area contributed by atoms with Gasteiger partial charge in [0, 0.05) is 15.6 Å². The lowest BCUT2D eigenvalue weighted by Crippen LogP contribution is -2.04. The summed E-state index contributed by atoms with van der Waals surface area (Å²) in [6, 6.07) is 10.4. The predicted molar refractivity (Wildman–Crippen MR) is 73.4 cm³/mol. The molecule has 18 heavy (non-hydrogen) atoms. The lowest BCUT2D eigenvalue weighted by Gasteiger charge is -2.07. The van der Waals surface area contributed by atoms with Gasteiger partial charge in [-0.3, -0.25) is 4.79 Å². The van der Waals surface area contributed by atoms with E-state index in [0.29, 0.717) is 22.3 Å². The van der Waals surface area contributed by atoms with Crippen molar-refractivity contribution in [3.63, 3.8) is 0 Å². The fourth-order valence-electron chi connectivity index (χ4n) is 1.88. The highest BCUT2D eigenvalue weighted by atomic mass is 79.9. The van der Waals surface area contributed by atoms with E-state index in [-0.39, 0.29) is 11.6 Å². The average molecular weight is 307 g/mol. The van der Waals surface area contributed by atoms with Crippen molar-refractivity contribution in [2.75, 3.05) is 0 Å². The fraction of sp³-hybridized carbons (Fsp3) is 0.133. The smallest absolute Gasteiger partial charge is 0.194 e. The summed E-state index contributed by atoms with van der Waals surface area (Å²) in [5.41, 5.74) is 2.08. The molecule has 0 atom stereocenters. The van der Waals surface area contributed by atoms with E-state index in [1.165, 1.54) is 0 Å². The normalized spacial score (nSPS) is 10.4. The van der Waals surface area contributed by atoms with Crippen molar-refractivity contribution < 1.29 is 9.18 Å². The maximum absolute atomic E-state index is 13.5. The lowest BCUT2D eigenvalue weighted by atomic mass is 9.99. The lowest BCUT2D eigenvalue weighted by molar-refractivity contribution is 0.103. The van der Waals surface area contributed by atoms with Crippen LogP contribution in [0.2, 0.25) is 0 Å². The summed E-state index contributed by atoms with van der Waals surface area (Å²) in [6.45, 7) is 3.33. The minimum Gasteiger partial charge on any atom is -0.289 e. The van der Waals surface area contributed by atoms with Crippen LogP contribution >= 0.6 is 15.9 Å². The summed E-state index contributed by atoms with van der Waals surface area (Å²) >= 11 is 3.35. The topological polar surface area (TPSA) is 17.1 Å². The summed E-state index contributed by atoms with van der Waals surface area (Å²) in [6.07, 6.45) is 0. The Morgan fingerprint density at radius 1 is 1.11 bits per heavy atom. The summed E-state index contributed by atoms with van der Waals surface area (Å²) in [5.74, 6) is -0.354. The van der Waals surface area contributed by atoms with E-state index in [2.05, 4.69) is 15.9 Å². The number of halogens is 2. The monoisotopic (exact) mass is 306 g/mol. The van der Waals surface area contributed by atoms with E-state index in [9.17, 15) is 9.18 Å². The second-order valence-corrected chi connectivity index (χ2v) is 5.09. The molecule has 2 aromatic rings. The number of rotatable bonds is 2. The van der Waals surface area contributed by atoms with E-state index in [4.69, 9.17) is 0 Å². The van der Waals surface area contributed by atoms with Gasteiger partial charge in [0.05, 0.1) is 0 Å². The van der Waals surface area contributed by atoms with Crippen LogP contribution in [0.1, 0.15) is 27.0 Å². The molecule has 0 N–H and O–H groups in total. The molecule has 0 heterocycles. The largest absolute Gasteiger partial charge is 0.289 e. The Labute approximate surface area is 114 Å². The number of carbonyl (C=O) groups is 1. The first kappa shape index (κ1) is 13.0. The number of aryl methyl sites for hydroxylation is 2. The van der Waals surface area contributed by atoms with E-state index in [1.54, 1.807) is 38.1 Å². The first-order valence-electron chi connectivity index (χ1n) is 5.56. The number of ketones is 1. The molecule has 0 bridgehead atoms. The third kappa shape index (κ3) is 2.36. The fourth-order valence-corrected chi connectivity index (χ4v) is 2.34. The zero-order valence-corrected chi connectivity index (χ0v) is 11.7. The quantitative estimate of drug-likeness (QED) is 0.750. The highest BCUT2D eigenvalue weighted by Crippen LogP contribution is 2.22. The van der Waals surface area contributed by atoms with Crippen LogP contribution in [-0.4, -0.2) is 5.78 Å². The van der Waals surface area contributed by atoms with Crippen molar-refractivity contribution in [2.24, 2.45) is 0 Å². The van der Waals surface area contributed by atoms with Crippen LogP contribution in [0, 0.1) is 19.7 Å². The molecule has 0 radical (unpaired) electrons. The minimum atomic E-state index is -0.251. The van der Waals surface area contributed by atoms with E-state index in [0.717, 1.165) is 4.47 Å². The molecule has 0 unspecified atom stereocenters. The van der Waals surface area contributed by atoms with E-state index in [1.807, 2.05) is 12.1 Å². The van der Waals surface area contributed by atoms with Gasteiger partial charge in [-0.2, -0.15) is 0 Å². The summed E-state index contributed by atoms with van der Waals surface area (Å²) in [4.78, 5) is 12.3. The number of hydrogen-bond donors (Lipinski definition) is 0. The van der Waals surface area contributed by atoms with Crippen LogP contribution in [0.25, 0.3) is 0 Å². The van der Waals surface area contributed by atoms with Crippen LogP contribution in [0.5, 0.6) is 0 Å². The first-order chi connectivity index (χ1) is 8.50. The maximum atomic E-state index is 13.5. The molecule has 3 heteroatoms. The van der Waals surface area contributed by atoms with Crippen LogP contribution < -0.4 is 0 Å². The number of benzene rings is 2. The molecule has 0 aliphatic rings. The van der Waals surface area contributed by atoms with Crippen molar-refractivity contribution in [1.82, 2.24) is 0 Å². The molecule has 0 spiro atoms. The number of hydrogen-bond acceptors (Lipinski definition) is 1. The van der Waals surface area contributed by atoms with Gasteiger partial charge in [0.1, 0.15) is 5.82 Å². The zero-order chi connectivity index (χ0) is 13.3. The van der Waals surface area contributed by atoms with Crippen molar-refractivity contribution in [3.05, 3.63) is 68.9 Å². The zero-order valence-electron chi connectivity index (χ0n) is 10.1. The molecule has 0 aromatic heterocycles. The van der Waals surface area contributed by atoms with Gasteiger partial charge in [-0.1, -0.05) is 28.1 Å². The average Bonchev–Trinajstić information content (AvgIpc) is 2.35. The molecule has 0 amide bonds. The molecule has 1 nitrogen and oxygen atoms in total. The third-order valence-electron chi connectivity index (χ3n) is 2.82. The van der Waals surface area contributed by atoms with E-state index >= 15 is 0 Å². The van der Waals surface area contributed by atoms with Crippen molar-refractivity contribution in [1.29, 1.82) is 0 Å². The Kier molecular flexibility index (Phi) is 3.62. The van der Waals surface area contributed by atoms with Gasteiger partial charge >= 0.3 is 0 Å². The maximum Gasteiger partial charge on any atom is 0.194 e. The molecule has 0 fully saturated rings. The highest BCUT2D eigenvalue weighted by Gasteiger charge is 2.14. The molecule has 2 aromatic carbocycles. The van der Waals surface area contributed by atoms with Crippen LogP contribution in [0.3, 0.4) is 0 Å². The van der Waals surface area contributed by atoms with Gasteiger partial charge in [0.15, 0.2) is 5.78 Å². The molecular weight excluding hydrogens is 295 g/mol. The molecular formula is C15H12BrFO. The highest BCUT2D eigenvalue weighted by molar-refractivity contribution is 9.10. The van der Waals surface area contributed by atoms with E-state index < -0.39 is 0 Å². The van der Waals surface area contributed by atoms with Gasteiger partial charge in [0.2, 0.25) is 0 Å². The Hall–Kier alpha value is -1.48. The molecule has 92 valence electrons. The van der Waals surface area contributed by atoms with Gasteiger partial charge in [0.25, 0.3) is 0 Å². The Bertz CT molecular complexity index is 597. The van der Waals surface area contributed by atoms with Gasteiger partial charge in [-0.15, -0.1) is 0 Å². The van der Waals surface area contributed by atoms with Gasteiger partial charge in [-0.05, 0) is 49.2 Å². The Balaban J connectivity index is 2.51. The van der Waals surface area contributed by atoms with Crippen molar-refractivity contribution in [2.45, 2.75) is 13.8 Å². The standard InChI is InChI=1S/C15H12BrFO/c1-9-7-11(8-10(2)14(9)17)15(18)12-5-3-4-6-13(12)16/h3-8H,1-2H3.